The molecule has 0 aromatic heterocycles. The molecule has 158 valence electrons. The molecule has 1 aliphatic heterocycles. The molecular formula is C20H30O8. The highest BCUT2D eigenvalue weighted by atomic mass is 16.5. The SMILES string of the molecule is C[C@@H]1C[C@H](O)CCCCCCCC(OC(=O)CCC(=O)O)C(=O)/C=C/C(=O)O1. The quantitative estimate of drug-likeness (QED) is 0.691. The van der Waals surface area contributed by atoms with E-state index in [0.29, 0.717) is 25.7 Å². The molecule has 3 atom stereocenters. The first-order valence-electron chi connectivity index (χ1n) is 9.79. The first-order chi connectivity index (χ1) is 13.3. The van der Waals surface area contributed by atoms with Crippen LogP contribution in [0.15, 0.2) is 12.2 Å². The molecule has 1 rings (SSSR count). The average Bonchev–Trinajstić information content (AvgIpc) is 2.61. The molecular weight excluding hydrogens is 368 g/mol. The highest BCUT2D eigenvalue weighted by Gasteiger charge is 2.22. The minimum Gasteiger partial charge on any atom is -0.481 e. The molecule has 0 saturated carbocycles. The summed E-state index contributed by atoms with van der Waals surface area (Å²) >= 11 is 0. The molecule has 2 N–H and O–H groups in total. The fourth-order valence-electron chi connectivity index (χ4n) is 2.97. The van der Waals surface area contributed by atoms with E-state index < -0.39 is 42.0 Å². The van der Waals surface area contributed by atoms with Gasteiger partial charge in [-0.25, -0.2) is 4.79 Å². The van der Waals surface area contributed by atoms with Crippen molar-refractivity contribution in [2.24, 2.45) is 0 Å². The molecule has 8 heteroatoms. The summed E-state index contributed by atoms with van der Waals surface area (Å²) in [6.45, 7) is 1.67. The van der Waals surface area contributed by atoms with E-state index in [2.05, 4.69) is 0 Å². The predicted molar refractivity (Wildman–Crippen MR) is 99.4 cm³/mol. The van der Waals surface area contributed by atoms with E-state index in [1.807, 2.05) is 0 Å². The largest absolute Gasteiger partial charge is 0.481 e. The van der Waals surface area contributed by atoms with Gasteiger partial charge in [-0.3, -0.25) is 14.4 Å². The zero-order valence-electron chi connectivity index (χ0n) is 16.3. The number of hydrogen-bond donors (Lipinski definition) is 2. The lowest BCUT2D eigenvalue weighted by Crippen LogP contribution is -2.27. The van der Waals surface area contributed by atoms with Crippen molar-refractivity contribution in [1.29, 1.82) is 0 Å². The zero-order valence-corrected chi connectivity index (χ0v) is 16.3. The molecule has 1 heterocycles. The number of carboxylic acid groups (broad SMARTS) is 1. The molecule has 0 aliphatic carbocycles. The molecule has 28 heavy (non-hydrogen) atoms. The Balaban J connectivity index is 2.74. The van der Waals surface area contributed by atoms with Crippen molar-refractivity contribution >= 4 is 23.7 Å². The van der Waals surface area contributed by atoms with E-state index in [-0.39, 0.29) is 12.8 Å². The van der Waals surface area contributed by atoms with Gasteiger partial charge in [0.2, 0.25) is 0 Å². The summed E-state index contributed by atoms with van der Waals surface area (Å²) in [7, 11) is 0. The minimum absolute atomic E-state index is 0.302. The molecule has 0 radical (unpaired) electrons. The summed E-state index contributed by atoms with van der Waals surface area (Å²) in [5.74, 6) is -3.13. The Bertz CT molecular complexity index is 569. The third-order valence-corrected chi connectivity index (χ3v) is 4.44. The average molecular weight is 398 g/mol. The number of aliphatic hydroxyl groups excluding tert-OH is 1. The van der Waals surface area contributed by atoms with Crippen molar-refractivity contribution < 1.29 is 38.9 Å². The van der Waals surface area contributed by atoms with Crippen molar-refractivity contribution in [2.45, 2.75) is 89.4 Å². The smallest absolute Gasteiger partial charge is 0.331 e. The molecule has 0 bridgehead atoms. The van der Waals surface area contributed by atoms with Crippen molar-refractivity contribution in [1.82, 2.24) is 0 Å². The summed E-state index contributed by atoms with van der Waals surface area (Å²) in [4.78, 5) is 46.5. The van der Waals surface area contributed by atoms with Gasteiger partial charge >= 0.3 is 17.9 Å². The van der Waals surface area contributed by atoms with Crippen LogP contribution in [0.4, 0.5) is 0 Å². The lowest BCUT2D eigenvalue weighted by atomic mass is 10.0. The maximum atomic E-state index is 12.3. The topological polar surface area (TPSA) is 127 Å². The van der Waals surface area contributed by atoms with Gasteiger partial charge in [0.1, 0.15) is 6.10 Å². The summed E-state index contributed by atoms with van der Waals surface area (Å²) in [5, 5.41) is 18.6. The maximum absolute atomic E-state index is 12.3. The second-order valence-electron chi connectivity index (χ2n) is 7.09. The first-order valence-corrected chi connectivity index (χ1v) is 9.79. The Morgan fingerprint density at radius 1 is 1.07 bits per heavy atom. The number of ether oxygens (including phenoxy) is 2. The van der Waals surface area contributed by atoms with Gasteiger partial charge in [-0.1, -0.05) is 25.7 Å². The van der Waals surface area contributed by atoms with Crippen LogP contribution in [0.2, 0.25) is 0 Å². The molecule has 0 aromatic rings. The number of esters is 2. The third-order valence-electron chi connectivity index (χ3n) is 4.44. The second-order valence-corrected chi connectivity index (χ2v) is 7.09. The highest BCUT2D eigenvalue weighted by molar-refractivity contribution is 5.99. The number of carbonyl (C=O) groups excluding carboxylic acids is 3. The second kappa shape index (κ2) is 13.0. The Morgan fingerprint density at radius 2 is 1.71 bits per heavy atom. The van der Waals surface area contributed by atoms with Crippen LogP contribution < -0.4 is 0 Å². The van der Waals surface area contributed by atoms with Crippen LogP contribution in [0.25, 0.3) is 0 Å². The molecule has 8 nitrogen and oxygen atoms in total. The number of aliphatic carboxylic acids is 1. The Morgan fingerprint density at radius 3 is 2.39 bits per heavy atom. The lowest BCUT2D eigenvalue weighted by molar-refractivity contribution is -0.155. The predicted octanol–water partition coefficient (Wildman–Crippen LogP) is 2.32. The molecule has 1 unspecified atom stereocenters. The summed E-state index contributed by atoms with van der Waals surface area (Å²) in [6, 6.07) is 0. The highest BCUT2D eigenvalue weighted by Crippen LogP contribution is 2.16. The molecule has 0 spiro atoms. The van der Waals surface area contributed by atoms with Gasteiger partial charge in [0.15, 0.2) is 11.9 Å². The van der Waals surface area contributed by atoms with Gasteiger partial charge in [0.25, 0.3) is 0 Å². The normalized spacial score (nSPS) is 26.9. The van der Waals surface area contributed by atoms with E-state index in [0.717, 1.165) is 37.8 Å². The molecule has 0 aromatic carbocycles. The van der Waals surface area contributed by atoms with Crippen molar-refractivity contribution in [2.75, 3.05) is 0 Å². The number of carbonyl (C=O) groups is 4. The Labute approximate surface area is 164 Å². The Hall–Kier alpha value is -2.22. The van der Waals surface area contributed by atoms with Crippen LogP contribution in [0.5, 0.6) is 0 Å². The number of rotatable bonds is 4. The zero-order chi connectivity index (χ0) is 20.9. The maximum Gasteiger partial charge on any atom is 0.331 e. The van der Waals surface area contributed by atoms with Gasteiger partial charge in [-0.15, -0.1) is 0 Å². The van der Waals surface area contributed by atoms with Crippen LogP contribution in [-0.4, -0.2) is 52.2 Å². The van der Waals surface area contributed by atoms with E-state index in [1.54, 1.807) is 6.92 Å². The van der Waals surface area contributed by atoms with Gasteiger partial charge in [0, 0.05) is 12.5 Å². The molecule has 0 saturated heterocycles. The molecule has 0 fully saturated rings. The fourth-order valence-corrected chi connectivity index (χ4v) is 2.97. The van der Waals surface area contributed by atoms with Gasteiger partial charge in [-0.05, 0) is 32.3 Å². The fraction of sp³-hybridized carbons (Fsp3) is 0.700. The van der Waals surface area contributed by atoms with Crippen LogP contribution >= 0.6 is 0 Å². The number of cyclic esters (lactones) is 1. The van der Waals surface area contributed by atoms with E-state index in [4.69, 9.17) is 14.6 Å². The van der Waals surface area contributed by atoms with Gasteiger partial charge in [0.05, 0.1) is 18.9 Å². The molecule has 0 amide bonds. The van der Waals surface area contributed by atoms with Crippen molar-refractivity contribution in [3.63, 3.8) is 0 Å². The Kier molecular flexibility index (Phi) is 11.1. The molecule has 1 aliphatic rings. The summed E-state index contributed by atoms with van der Waals surface area (Å²) in [6.07, 6.45) is 4.74. The number of hydrogen-bond acceptors (Lipinski definition) is 7. The minimum atomic E-state index is -1.12. The monoisotopic (exact) mass is 398 g/mol. The van der Waals surface area contributed by atoms with E-state index in [9.17, 15) is 24.3 Å². The van der Waals surface area contributed by atoms with Crippen LogP contribution in [-0.2, 0) is 28.7 Å². The summed E-state index contributed by atoms with van der Waals surface area (Å²) < 4.78 is 10.3. The van der Waals surface area contributed by atoms with Crippen molar-refractivity contribution in [3.8, 4) is 0 Å². The first kappa shape index (κ1) is 23.8. The van der Waals surface area contributed by atoms with E-state index >= 15 is 0 Å². The van der Waals surface area contributed by atoms with Crippen LogP contribution in [0, 0.1) is 0 Å². The summed E-state index contributed by atoms with van der Waals surface area (Å²) in [5.41, 5.74) is 0. The van der Waals surface area contributed by atoms with Crippen molar-refractivity contribution in [3.05, 3.63) is 12.2 Å². The van der Waals surface area contributed by atoms with Gasteiger partial charge in [-0.2, -0.15) is 0 Å². The standard InChI is InChI=1S/C20H30O8/c1-14-13-15(21)7-5-3-2-4-6-8-17(16(22)9-11-19(25)27-14)28-20(26)12-10-18(23)24/h9,11,14-15,17,21H,2-8,10,12-13H2,1H3,(H,23,24)/b11-9+/t14-,15-,17?/m1/s1. The van der Waals surface area contributed by atoms with E-state index in [1.165, 1.54) is 0 Å². The number of ketones is 1. The lowest BCUT2D eigenvalue weighted by Gasteiger charge is -2.17. The number of carboxylic acids is 1. The van der Waals surface area contributed by atoms with Crippen LogP contribution in [0.3, 0.4) is 0 Å². The van der Waals surface area contributed by atoms with Crippen LogP contribution in [0.1, 0.15) is 71.1 Å². The van der Waals surface area contributed by atoms with Gasteiger partial charge < -0.3 is 19.7 Å². The third kappa shape index (κ3) is 10.8. The number of aliphatic hydroxyl groups is 1.